The van der Waals surface area contributed by atoms with Crippen LogP contribution in [0.15, 0.2) is 24.3 Å². The van der Waals surface area contributed by atoms with Gasteiger partial charge in [0.15, 0.2) is 0 Å². The van der Waals surface area contributed by atoms with Gasteiger partial charge in [0.05, 0.1) is 5.56 Å². The van der Waals surface area contributed by atoms with Crippen molar-refractivity contribution in [1.82, 2.24) is 5.32 Å². The molecule has 1 aliphatic heterocycles. The third-order valence-electron chi connectivity index (χ3n) is 4.13. The highest BCUT2D eigenvalue weighted by atomic mass is 32.1. The number of rotatable bonds is 1. The lowest BCUT2D eigenvalue weighted by Crippen LogP contribution is -2.38. The topological polar surface area (TPSA) is 41.1 Å². The fourth-order valence-corrected chi connectivity index (χ4v) is 4.45. The molecule has 1 atom stereocenters. The van der Waals surface area contributed by atoms with E-state index in [-0.39, 0.29) is 17.9 Å². The van der Waals surface area contributed by atoms with Crippen molar-refractivity contribution in [2.45, 2.75) is 31.8 Å². The zero-order valence-electron chi connectivity index (χ0n) is 11.4. The Kier molecular flexibility index (Phi) is 2.96. The molecule has 108 valence electrons. The van der Waals surface area contributed by atoms with Crippen molar-refractivity contribution < 1.29 is 9.18 Å². The van der Waals surface area contributed by atoms with Crippen LogP contribution in [-0.4, -0.2) is 5.91 Å². The predicted molar refractivity (Wildman–Crippen MR) is 81.2 cm³/mol. The van der Waals surface area contributed by atoms with Crippen molar-refractivity contribution in [2.75, 3.05) is 5.32 Å². The standard InChI is InChI=1S/C16H15FN2OS/c17-10-5-3-4-9(8-10)14-18-15(20)13-11-6-1-2-7-12(11)21-16(13)19-14/h3-5,8,14,19H,1-2,6-7H2,(H,18,20)/t14-/m0/s1. The Balaban J connectivity index is 1.72. The average Bonchev–Trinajstić information content (AvgIpc) is 2.86. The number of amides is 1. The summed E-state index contributed by atoms with van der Waals surface area (Å²) in [7, 11) is 0. The second kappa shape index (κ2) is 4.84. The van der Waals surface area contributed by atoms with Gasteiger partial charge in [-0.1, -0.05) is 12.1 Å². The molecule has 0 spiro atoms. The van der Waals surface area contributed by atoms with Crippen LogP contribution in [0.25, 0.3) is 0 Å². The van der Waals surface area contributed by atoms with E-state index < -0.39 is 0 Å². The molecule has 1 aromatic heterocycles. The number of hydrogen-bond acceptors (Lipinski definition) is 3. The summed E-state index contributed by atoms with van der Waals surface area (Å²) >= 11 is 1.68. The van der Waals surface area contributed by atoms with Gasteiger partial charge in [0.1, 0.15) is 17.0 Å². The number of anilines is 1. The van der Waals surface area contributed by atoms with E-state index in [0.29, 0.717) is 0 Å². The van der Waals surface area contributed by atoms with Gasteiger partial charge in [0.25, 0.3) is 5.91 Å². The molecule has 0 fully saturated rings. The van der Waals surface area contributed by atoms with Crippen LogP contribution in [0.2, 0.25) is 0 Å². The number of aryl methyl sites for hydroxylation is 1. The number of carbonyl (C=O) groups is 1. The smallest absolute Gasteiger partial charge is 0.256 e. The lowest BCUT2D eigenvalue weighted by molar-refractivity contribution is 0.0935. The molecule has 4 rings (SSSR count). The summed E-state index contributed by atoms with van der Waals surface area (Å²) in [6.07, 6.45) is 4.03. The van der Waals surface area contributed by atoms with Crippen LogP contribution >= 0.6 is 11.3 Å². The average molecular weight is 302 g/mol. The molecule has 0 bridgehead atoms. The van der Waals surface area contributed by atoms with Crippen molar-refractivity contribution in [2.24, 2.45) is 0 Å². The minimum Gasteiger partial charge on any atom is -0.353 e. The molecule has 2 heterocycles. The summed E-state index contributed by atoms with van der Waals surface area (Å²) in [5.74, 6) is -0.336. The molecule has 0 saturated carbocycles. The Morgan fingerprint density at radius 1 is 1.19 bits per heavy atom. The SMILES string of the molecule is O=C1N[C@H](c2cccc(F)c2)Nc2sc3c(c21)CCCC3. The molecule has 1 amide bonds. The van der Waals surface area contributed by atoms with Gasteiger partial charge in [0.2, 0.25) is 0 Å². The lowest BCUT2D eigenvalue weighted by atomic mass is 9.94. The van der Waals surface area contributed by atoms with E-state index in [9.17, 15) is 9.18 Å². The summed E-state index contributed by atoms with van der Waals surface area (Å²) in [4.78, 5) is 13.8. The van der Waals surface area contributed by atoms with Gasteiger partial charge < -0.3 is 10.6 Å². The molecule has 0 radical (unpaired) electrons. The van der Waals surface area contributed by atoms with Gasteiger partial charge in [-0.25, -0.2) is 4.39 Å². The number of hydrogen-bond donors (Lipinski definition) is 2. The number of halogens is 1. The van der Waals surface area contributed by atoms with E-state index >= 15 is 0 Å². The van der Waals surface area contributed by atoms with Crippen molar-refractivity contribution in [3.05, 3.63) is 51.7 Å². The minimum absolute atomic E-state index is 0.0441. The van der Waals surface area contributed by atoms with E-state index in [1.807, 2.05) is 6.07 Å². The molecule has 1 aromatic carbocycles. The van der Waals surface area contributed by atoms with Gasteiger partial charge in [-0.2, -0.15) is 0 Å². The number of carbonyl (C=O) groups excluding carboxylic acids is 1. The Labute approximate surface area is 126 Å². The third-order valence-corrected chi connectivity index (χ3v) is 5.35. The first kappa shape index (κ1) is 12.8. The number of fused-ring (bicyclic) bond motifs is 3. The fourth-order valence-electron chi connectivity index (χ4n) is 3.13. The van der Waals surface area contributed by atoms with Gasteiger partial charge in [-0.3, -0.25) is 4.79 Å². The second-order valence-electron chi connectivity index (χ2n) is 5.52. The zero-order chi connectivity index (χ0) is 14.4. The van der Waals surface area contributed by atoms with E-state index in [4.69, 9.17) is 0 Å². The van der Waals surface area contributed by atoms with Crippen molar-refractivity contribution in [1.29, 1.82) is 0 Å². The van der Waals surface area contributed by atoms with Crippen LogP contribution in [0.4, 0.5) is 9.39 Å². The largest absolute Gasteiger partial charge is 0.353 e. The molecule has 1 aliphatic carbocycles. The normalized spacial score (nSPS) is 20.2. The highest BCUT2D eigenvalue weighted by Crippen LogP contribution is 2.41. The first-order chi connectivity index (χ1) is 10.2. The number of thiophene rings is 1. The van der Waals surface area contributed by atoms with Gasteiger partial charge in [-0.05, 0) is 48.9 Å². The summed E-state index contributed by atoms with van der Waals surface area (Å²) in [6, 6.07) is 6.34. The summed E-state index contributed by atoms with van der Waals surface area (Å²) in [5, 5.41) is 7.22. The van der Waals surface area contributed by atoms with Gasteiger partial charge in [-0.15, -0.1) is 11.3 Å². The molecule has 2 aliphatic rings. The number of nitrogens with one attached hydrogen (secondary N) is 2. The first-order valence-electron chi connectivity index (χ1n) is 7.20. The van der Waals surface area contributed by atoms with Crippen LogP contribution < -0.4 is 10.6 Å². The van der Waals surface area contributed by atoms with Crippen LogP contribution in [-0.2, 0) is 12.8 Å². The van der Waals surface area contributed by atoms with E-state index in [1.54, 1.807) is 17.4 Å². The Morgan fingerprint density at radius 3 is 2.90 bits per heavy atom. The Morgan fingerprint density at radius 2 is 2.05 bits per heavy atom. The van der Waals surface area contributed by atoms with Crippen molar-refractivity contribution >= 4 is 22.2 Å². The molecule has 0 unspecified atom stereocenters. The molecular weight excluding hydrogens is 287 g/mol. The maximum atomic E-state index is 13.4. The molecule has 21 heavy (non-hydrogen) atoms. The molecule has 2 N–H and O–H groups in total. The molecular formula is C16H15FN2OS. The first-order valence-corrected chi connectivity index (χ1v) is 8.01. The predicted octanol–water partition coefficient (Wildman–Crippen LogP) is 3.62. The lowest BCUT2D eigenvalue weighted by Gasteiger charge is -2.26. The molecule has 5 heteroatoms. The van der Waals surface area contributed by atoms with E-state index in [0.717, 1.165) is 35.4 Å². The second-order valence-corrected chi connectivity index (χ2v) is 6.63. The van der Waals surface area contributed by atoms with Gasteiger partial charge in [0, 0.05) is 4.88 Å². The third kappa shape index (κ3) is 2.12. The fraction of sp³-hybridized carbons (Fsp3) is 0.312. The Hall–Kier alpha value is -1.88. The van der Waals surface area contributed by atoms with Crippen LogP contribution in [0.5, 0.6) is 0 Å². The highest BCUT2D eigenvalue weighted by Gasteiger charge is 2.31. The van der Waals surface area contributed by atoms with Crippen LogP contribution in [0.1, 0.15) is 45.4 Å². The number of benzene rings is 1. The maximum absolute atomic E-state index is 13.4. The summed E-state index contributed by atoms with van der Waals surface area (Å²) in [5.41, 5.74) is 2.76. The van der Waals surface area contributed by atoms with E-state index in [2.05, 4.69) is 10.6 Å². The van der Waals surface area contributed by atoms with Gasteiger partial charge >= 0.3 is 0 Å². The summed E-state index contributed by atoms with van der Waals surface area (Å²) in [6.45, 7) is 0. The Bertz CT molecular complexity index is 725. The van der Waals surface area contributed by atoms with Crippen LogP contribution in [0, 0.1) is 5.82 Å². The minimum atomic E-state index is -0.360. The molecule has 2 aromatic rings. The zero-order valence-corrected chi connectivity index (χ0v) is 12.2. The van der Waals surface area contributed by atoms with Crippen molar-refractivity contribution in [3.63, 3.8) is 0 Å². The molecule has 0 saturated heterocycles. The van der Waals surface area contributed by atoms with Crippen LogP contribution in [0.3, 0.4) is 0 Å². The quantitative estimate of drug-likeness (QED) is 0.845. The summed E-state index contributed by atoms with van der Waals surface area (Å²) < 4.78 is 13.4. The monoisotopic (exact) mass is 302 g/mol. The van der Waals surface area contributed by atoms with E-state index in [1.165, 1.54) is 29.0 Å². The highest BCUT2D eigenvalue weighted by molar-refractivity contribution is 7.16. The molecule has 3 nitrogen and oxygen atoms in total. The maximum Gasteiger partial charge on any atom is 0.256 e. The van der Waals surface area contributed by atoms with Crippen molar-refractivity contribution in [3.8, 4) is 0 Å².